The maximum absolute atomic E-state index is 6.18. The summed E-state index contributed by atoms with van der Waals surface area (Å²) >= 11 is 7.04. The Hall–Kier alpha value is -0.260. The Bertz CT molecular complexity index is 491. The van der Waals surface area contributed by atoms with Crippen LogP contribution in [0.1, 0.15) is 27.2 Å². The van der Waals surface area contributed by atoms with Gasteiger partial charge in [0.05, 0.1) is 16.1 Å². The molecule has 0 heterocycles. The van der Waals surface area contributed by atoms with E-state index in [1.54, 1.807) is 7.11 Å². The summed E-state index contributed by atoms with van der Waals surface area (Å²) in [7, 11) is 1.66. The van der Waals surface area contributed by atoms with Crippen molar-refractivity contribution < 1.29 is 9.47 Å². The highest BCUT2D eigenvalue weighted by Gasteiger charge is 2.49. The Morgan fingerprint density at radius 1 is 1.25 bits per heavy atom. The van der Waals surface area contributed by atoms with Crippen LogP contribution in [0.4, 0.5) is 0 Å². The third-order valence-corrected chi connectivity index (χ3v) is 5.34. The molecule has 0 spiro atoms. The number of halogens is 2. The Morgan fingerprint density at radius 2 is 1.85 bits per heavy atom. The van der Waals surface area contributed by atoms with E-state index in [4.69, 9.17) is 9.47 Å². The molecule has 0 bridgehead atoms. The van der Waals surface area contributed by atoms with E-state index in [-0.39, 0.29) is 11.5 Å². The van der Waals surface area contributed by atoms with E-state index in [1.807, 2.05) is 12.1 Å². The van der Waals surface area contributed by atoms with Crippen molar-refractivity contribution in [2.75, 3.05) is 13.7 Å². The fourth-order valence-corrected chi connectivity index (χ4v) is 3.49. The predicted octanol–water partition coefficient (Wildman–Crippen LogP) is 4.38. The van der Waals surface area contributed by atoms with Gasteiger partial charge in [-0.05, 0) is 50.5 Å². The number of benzene rings is 1. The predicted molar refractivity (Wildman–Crippen MR) is 88.7 cm³/mol. The van der Waals surface area contributed by atoms with Crippen LogP contribution < -0.4 is 14.8 Å². The van der Waals surface area contributed by atoms with Crippen LogP contribution in [-0.2, 0) is 0 Å². The fourth-order valence-electron chi connectivity index (χ4n) is 2.59. The highest BCUT2D eigenvalue weighted by Crippen LogP contribution is 2.45. The zero-order valence-corrected chi connectivity index (χ0v) is 15.5. The molecule has 1 aliphatic carbocycles. The van der Waals surface area contributed by atoms with E-state index >= 15 is 0 Å². The van der Waals surface area contributed by atoms with Crippen LogP contribution in [-0.4, -0.2) is 25.8 Å². The van der Waals surface area contributed by atoms with Crippen molar-refractivity contribution in [1.82, 2.24) is 5.32 Å². The van der Waals surface area contributed by atoms with Crippen LogP contribution in [0.2, 0.25) is 0 Å². The molecule has 1 fully saturated rings. The van der Waals surface area contributed by atoms with Crippen molar-refractivity contribution >= 4 is 31.9 Å². The smallest absolute Gasteiger partial charge is 0.135 e. The number of nitrogens with one attached hydrogen (secondary N) is 1. The summed E-state index contributed by atoms with van der Waals surface area (Å²) in [5.41, 5.74) is 0.141. The first-order valence-corrected chi connectivity index (χ1v) is 8.41. The van der Waals surface area contributed by atoms with Crippen molar-refractivity contribution in [3.8, 4) is 11.5 Å². The first-order chi connectivity index (χ1) is 9.40. The van der Waals surface area contributed by atoms with Gasteiger partial charge in [-0.2, -0.15) is 0 Å². The monoisotopic (exact) mass is 405 g/mol. The van der Waals surface area contributed by atoms with Crippen molar-refractivity contribution in [2.24, 2.45) is 5.41 Å². The highest BCUT2D eigenvalue weighted by molar-refractivity contribution is 9.11. The van der Waals surface area contributed by atoms with E-state index in [0.29, 0.717) is 6.04 Å². The molecule has 0 aromatic heterocycles. The number of rotatable bonds is 5. The van der Waals surface area contributed by atoms with E-state index in [1.165, 1.54) is 0 Å². The van der Waals surface area contributed by atoms with Crippen LogP contribution in [0.15, 0.2) is 21.1 Å². The fraction of sp³-hybridized carbons (Fsp3) is 0.600. The molecule has 0 amide bonds. The molecule has 112 valence electrons. The van der Waals surface area contributed by atoms with Gasteiger partial charge in [0.2, 0.25) is 0 Å². The third-order valence-electron chi connectivity index (χ3n) is 4.10. The Labute approximate surface area is 137 Å². The molecule has 1 aliphatic rings. The first kappa shape index (κ1) is 16.1. The molecule has 20 heavy (non-hydrogen) atoms. The second-order valence-corrected chi connectivity index (χ2v) is 7.40. The summed E-state index contributed by atoms with van der Waals surface area (Å²) in [5, 5.41) is 3.51. The maximum Gasteiger partial charge on any atom is 0.135 e. The molecular weight excluding hydrogens is 386 g/mol. The molecule has 1 N–H and O–H groups in total. The zero-order chi connectivity index (χ0) is 14.9. The lowest BCUT2D eigenvalue weighted by atomic mass is 9.64. The van der Waals surface area contributed by atoms with Gasteiger partial charge in [-0.25, -0.2) is 0 Å². The molecule has 1 aromatic rings. The normalized spacial score (nSPS) is 24.1. The molecule has 3 nitrogen and oxygen atoms in total. The zero-order valence-electron chi connectivity index (χ0n) is 12.3. The second-order valence-electron chi connectivity index (χ2n) is 5.69. The second kappa shape index (κ2) is 6.24. The molecule has 2 atom stereocenters. The standard InChI is InChI=1S/C15H21Br2NO2/c1-5-18-13-8-14(15(13,2)3)20-12-7-9(16)11(19-4)6-10(12)17/h6-7,13-14,18H,5,8H2,1-4H3. The van der Waals surface area contributed by atoms with Gasteiger partial charge in [-0.1, -0.05) is 20.8 Å². The van der Waals surface area contributed by atoms with Gasteiger partial charge in [0, 0.05) is 17.9 Å². The van der Waals surface area contributed by atoms with Crippen LogP contribution >= 0.6 is 31.9 Å². The van der Waals surface area contributed by atoms with Crippen LogP contribution in [0.5, 0.6) is 11.5 Å². The average molecular weight is 407 g/mol. The summed E-state index contributed by atoms with van der Waals surface area (Å²) in [4.78, 5) is 0. The quantitative estimate of drug-likeness (QED) is 0.787. The summed E-state index contributed by atoms with van der Waals surface area (Å²) in [6, 6.07) is 4.41. The lowest BCUT2D eigenvalue weighted by Crippen LogP contribution is -2.62. The third kappa shape index (κ3) is 3.00. The summed E-state index contributed by atoms with van der Waals surface area (Å²) in [6.07, 6.45) is 1.26. The minimum atomic E-state index is 0.141. The highest BCUT2D eigenvalue weighted by atomic mass is 79.9. The Kier molecular flexibility index (Phi) is 5.03. The van der Waals surface area contributed by atoms with Gasteiger partial charge in [0.1, 0.15) is 17.6 Å². The van der Waals surface area contributed by atoms with E-state index < -0.39 is 0 Å². The largest absolute Gasteiger partial charge is 0.496 e. The molecule has 1 aromatic carbocycles. The minimum Gasteiger partial charge on any atom is -0.496 e. The minimum absolute atomic E-state index is 0.141. The van der Waals surface area contributed by atoms with Crippen molar-refractivity contribution in [3.63, 3.8) is 0 Å². The van der Waals surface area contributed by atoms with Crippen molar-refractivity contribution in [1.29, 1.82) is 0 Å². The van der Waals surface area contributed by atoms with Gasteiger partial charge in [0.25, 0.3) is 0 Å². The number of hydrogen-bond donors (Lipinski definition) is 1. The SMILES string of the molecule is CCNC1CC(Oc2cc(Br)c(OC)cc2Br)C1(C)C. The Balaban J connectivity index is 2.10. The summed E-state index contributed by atoms with van der Waals surface area (Å²) < 4.78 is 13.3. The maximum atomic E-state index is 6.18. The van der Waals surface area contributed by atoms with E-state index in [2.05, 4.69) is 57.9 Å². The molecular formula is C15H21Br2NO2. The first-order valence-electron chi connectivity index (χ1n) is 6.83. The molecule has 0 saturated heterocycles. The van der Waals surface area contributed by atoms with Gasteiger partial charge >= 0.3 is 0 Å². The van der Waals surface area contributed by atoms with E-state index in [9.17, 15) is 0 Å². The van der Waals surface area contributed by atoms with Gasteiger partial charge in [-0.15, -0.1) is 0 Å². The lowest BCUT2D eigenvalue weighted by molar-refractivity contribution is -0.0545. The number of ether oxygens (including phenoxy) is 2. The topological polar surface area (TPSA) is 30.5 Å². The summed E-state index contributed by atoms with van der Waals surface area (Å²) in [6.45, 7) is 7.64. The molecule has 2 unspecified atom stereocenters. The number of methoxy groups -OCH3 is 1. The molecule has 0 aliphatic heterocycles. The summed E-state index contributed by atoms with van der Waals surface area (Å²) in [5.74, 6) is 1.65. The molecule has 0 radical (unpaired) electrons. The van der Waals surface area contributed by atoms with Gasteiger partial charge in [-0.3, -0.25) is 0 Å². The van der Waals surface area contributed by atoms with Gasteiger partial charge in [0.15, 0.2) is 0 Å². The average Bonchev–Trinajstić information content (AvgIpc) is 2.41. The number of hydrogen-bond acceptors (Lipinski definition) is 3. The van der Waals surface area contributed by atoms with Gasteiger partial charge < -0.3 is 14.8 Å². The van der Waals surface area contributed by atoms with Crippen LogP contribution in [0, 0.1) is 5.41 Å². The molecule has 5 heteroatoms. The van der Waals surface area contributed by atoms with Crippen LogP contribution in [0.3, 0.4) is 0 Å². The van der Waals surface area contributed by atoms with Crippen molar-refractivity contribution in [2.45, 2.75) is 39.3 Å². The van der Waals surface area contributed by atoms with Crippen molar-refractivity contribution in [3.05, 3.63) is 21.1 Å². The molecule has 2 rings (SSSR count). The van der Waals surface area contributed by atoms with E-state index in [0.717, 1.165) is 33.4 Å². The molecule has 1 saturated carbocycles. The Morgan fingerprint density at radius 3 is 2.40 bits per heavy atom. The lowest BCUT2D eigenvalue weighted by Gasteiger charge is -2.51. The van der Waals surface area contributed by atoms with Crippen LogP contribution in [0.25, 0.3) is 0 Å².